The molecule has 0 aromatic heterocycles. The number of ether oxygens (including phenoxy) is 1. The molecule has 0 aromatic rings. The highest BCUT2D eigenvalue weighted by atomic mass is 16.5. The van der Waals surface area contributed by atoms with Gasteiger partial charge in [0, 0.05) is 12.6 Å². The molecule has 0 heterocycles. The number of nitrogens with zero attached hydrogens (tertiary/aromatic N) is 1. The van der Waals surface area contributed by atoms with Crippen LogP contribution in [0.3, 0.4) is 0 Å². The molecule has 14 heavy (non-hydrogen) atoms. The number of nitriles is 1. The summed E-state index contributed by atoms with van der Waals surface area (Å²) in [5.74, 6) is 0. The quantitative estimate of drug-likeness (QED) is 0.602. The van der Waals surface area contributed by atoms with Gasteiger partial charge < -0.3 is 4.74 Å². The van der Waals surface area contributed by atoms with Crippen molar-refractivity contribution in [2.24, 2.45) is 0 Å². The van der Waals surface area contributed by atoms with Crippen LogP contribution < -0.4 is 5.32 Å². The minimum Gasteiger partial charge on any atom is -0.379 e. The Bertz CT molecular complexity index is 184. The summed E-state index contributed by atoms with van der Waals surface area (Å²) in [6, 6.07) is 2.70. The number of rotatable bonds is 8. The van der Waals surface area contributed by atoms with Gasteiger partial charge in [-0.3, -0.25) is 5.32 Å². The molecule has 0 bridgehead atoms. The van der Waals surface area contributed by atoms with Gasteiger partial charge in [-0.1, -0.05) is 19.8 Å². The minimum atomic E-state index is -0.107. The Morgan fingerprint density at radius 3 is 2.86 bits per heavy atom. The number of hydrogen-bond donors (Lipinski definition) is 1. The van der Waals surface area contributed by atoms with E-state index in [4.69, 9.17) is 10.00 Å². The molecule has 1 aliphatic carbocycles. The van der Waals surface area contributed by atoms with Gasteiger partial charge in [0.25, 0.3) is 0 Å². The monoisotopic (exact) mass is 196 g/mol. The number of hydrogen-bond acceptors (Lipinski definition) is 3. The normalized spacial score (nSPS) is 17.7. The lowest BCUT2D eigenvalue weighted by atomic mass is 10.3. The van der Waals surface area contributed by atoms with E-state index < -0.39 is 0 Å². The predicted octanol–water partition coefficient (Wildman–Crippen LogP) is 1.84. The lowest BCUT2D eigenvalue weighted by molar-refractivity contribution is 0.119. The molecule has 0 radical (unpaired) electrons. The fourth-order valence-electron chi connectivity index (χ4n) is 1.31. The first-order valence-electron chi connectivity index (χ1n) is 5.60. The lowest BCUT2D eigenvalue weighted by Crippen LogP contribution is -2.33. The zero-order valence-electron chi connectivity index (χ0n) is 8.96. The molecule has 1 unspecified atom stereocenters. The second kappa shape index (κ2) is 6.80. The van der Waals surface area contributed by atoms with Crippen LogP contribution in [0.2, 0.25) is 0 Å². The summed E-state index contributed by atoms with van der Waals surface area (Å²) >= 11 is 0. The van der Waals surface area contributed by atoms with Crippen molar-refractivity contribution >= 4 is 0 Å². The summed E-state index contributed by atoms with van der Waals surface area (Å²) in [5, 5.41) is 12.1. The van der Waals surface area contributed by atoms with Crippen LogP contribution in [0, 0.1) is 11.3 Å². The second-order valence-electron chi connectivity index (χ2n) is 3.90. The van der Waals surface area contributed by atoms with E-state index in [1.165, 1.54) is 25.7 Å². The fraction of sp³-hybridized carbons (Fsp3) is 0.909. The summed E-state index contributed by atoms with van der Waals surface area (Å²) in [6.45, 7) is 3.50. The third kappa shape index (κ3) is 5.21. The van der Waals surface area contributed by atoms with Crippen molar-refractivity contribution in [1.29, 1.82) is 5.26 Å². The summed E-state index contributed by atoms with van der Waals surface area (Å²) in [5.41, 5.74) is 0. The van der Waals surface area contributed by atoms with Crippen LogP contribution in [-0.2, 0) is 4.74 Å². The standard InChI is InChI=1S/C11H20N2O/c1-2-3-4-7-14-9-11(8-12)13-10-5-6-10/h10-11,13H,2-7,9H2,1H3. The summed E-state index contributed by atoms with van der Waals surface area (Å²) in [4.78, 5) is 0. The first-order chi connectivity index (χ1) is 6.86. The van der Waals surface area contributed by atoms with Crippen LogP contribution in [0.5, 0.6) is 0 Å². The van der Waals surface area contributed by atoms with Gasteiger partial charge in [-0.05, 0) is 19.3 Å². The Morgan fingerprint density at radius 2 is 2.29 bits per heavy atom. The average Bonchev–Trinajstić information content (AvgIpc) is 2.99. The molecular formula is C11H20N2O. The van der Waals surface area contributed by atoms with Gasteiger partial charge >= 0.3 is 0 Å². The fourth-order valence-corrected chi connectivity index (χ4v) is 1.31. The topological polar surface area (TPSA) is 45.0 Å². The predicted molar refractivity (Wildman–Crippen MR) is 55.9 cm³/mol. The van der Waals surface area contributed by atoms with Crippen LogP contribution in [0.25, 0.3) is 0 Å². The SMILES string of the molecule is CCCCCOCC(C#N)NC1CC1. The molecule has 1 aliphatic rings. The number of nitrogens with one attached hydrogen (secondary N) is 1. The maximum absolute atomic E-state index is 8.81. The Balaban J connectivity index is 1.94. The van der Waals surface area contributed by atoms with Crippen LogP contribution in [-0.4, -0.2) is 25.3 Å². The lowest BCUT2D eigenvalue weighted by Gasteiger charge is -2.10. The molecule has 80 valence electrons. The smallest absolute Gasteiger partial charge is 0.119 e. The Morgan fingerprint density at radius 1 is 1.50 bits per heavy atom. The molecule has 0 saturated heterocycles. The molecule has 0 aliphatic heterocycles. The van der Waals surface area contributed by atoms with Crippen molar-refractivity contribution in [2.45, 2.75) is 51.1 Å². The van der Waals surface area contributed by atoms with Gasteiger partial charge in [0.05, 0.1) is 12.7 Å². The zero-order chi connectivity index (χ0) is 10.2. The van der Waals surface area contributed by atoms with Gasteiger partial charge in [-0.15, -0.1) is 0 Å². The minimum absolute atomic E-state index is 0.107. The van der Waals surface area contributed by atoms with Crippen molar-refractivity contribution in [3.63, 3.8) is 0 Å². The largest absolute Gasteiger partial charge is 0.379 e. The van der Waals surface area contributed by atoms with Crippen LogP contribution >= 0.6 is 0 Å². The van der Waals surface area contributed by atoms with Gasteiger partial charge in [0.15, 0.2) is 0 Å². The maximum atomic E-state index is 8.81. The van der Waals surface area contributed by atoms with Crippen molar-refractivity contribution in [3.05, 3.63) is 0 Å². The van der Waals surface area contributed by atoms with Crippen molar-refractivity contribution in [1.82, 2.24) is 5.32 Å². The highest BCUT2D eigenvalue weighted by Gasteiger charge is 2.24. The van der Waals surface area contributed by atoms with Crippen molar-refractivity contribution in [3.8, 4) is 6.07 Å². The van der Waals surface area contributed by atoms with Gasteiger partial charge in [-0.2, -0.15) is 5.26 Å². The average molecular weight is 196 g/mol. The van der Waals surface area contributed by atoms with Crippen molar-refractivity contribution in [2.75, 3.05) is 13.2 Å². The molecule has 3 heteroatoms. The molecule has 0 spiro atoms. The molecule has 0 amide bonds. The molecule has 0 aromatic carbocycles. The van der Waals surface area contributed by atoms with E-state index in [2.05, 4.69) is 18.3 Å². The molecule has 1 atom stereocenters. The van der Waals surface area contributed by atoms with E-state index in [1.54, 1.807) is 0 Å². The Kier molecular flexibility index (Phi) is 5.58. The molecule has 3 nitrogen and oxygen atoms in total. The molecule has 1 saturated carbocycles. The molecule has 1 rings (SSSR count). The first kappa shape index (κ1) is 11.5. The highest BCUT2D eigenvalue weighted by molar-refractivity contribution is 4.95. The van der Waals surface area contributed by atoms with Crippen molar-refractivity contribution < 1.29 is 4.74 Å². The maximum Gasteiger partial charge on any atom is 0.119 e. The van der Waals surface area contributed by atoms with Gasteiger partial charge in [0.2, 0.25) is 0 Å². The molecule has 1 N–H and O–H groups in total. The third-order valence-corrected chi connectivity index (χ3v) is 2.35. The van der Waals surface area contributed by atoms with Crippen LogP contribution in [0.15, 0.2) is 0 Å². The van der Waals surface area contributed by atoms with Crippen LogP contribution in [0.1, 0.15) is 39.0 Å². The Labute approximate surface area is 86.4 Å². The second-order valence-corrected chi connectivity index (χ2v) is 3.90. The summed E-state index contributed by atoms with van der Waals surface area (Å²) < 4.78 is 5.43. The Hall–Kier alpha value is -0.590. The zero-order valence-corrected chi connectivity index (χ0v) is 8.96. The van der Waals surface area contributed by atoms with E-state index in [1.807, 2.05) is 0 Å². The van der Waals surface area contributed by atoms with Gasteiger partial charge in [0.1, 0.15) is 6.04 Å². The van der Waals surface area contributed by atoms with E-state index in [0.717, 1.165) is 13.0 Å². The third-order valence-electron chi connectivity index (χ3n) is 2.35. The first-order valence-corrected chi connectivity index (χ1v) is 5.60. The summed E-state index contributed by atoms with van der Waals surface area (Å²) in [7, 11) is 0. The molecule has 1 fully saturated rings. The number of unbranched alkanes of at least 4 members (excludes halogenated alkanes) is 2. The highest BCUT2D eigenvalue weighted by Crippen LogP contribution is 2.19. The summed E-state index contributed by atoms with van der Waals surface area (Å²) in [6.07, 6.45) is 5.97. The molecular weight excluding hydrogens is 176 g/mol. The van der Waals surface area contributed by atoms with E-state index >= 15 is 0 Å². The van der Waals surface area contributed by atoms with Gasteiger partial charge in [-0.25, -0.2) is 0 Å². The van der Waals surface area contributed by atoms with Crippen LogP contribution in [0.4, 0.5) is 0 Å². The van der Waals surface area contributed by atoms with E-state index in [-0.39, 0.29) is 6.04 Å². The van der Waals surface area contributed by atoms with E-state index in [9.17, 15) is 0 Å². The van der Waals surface area contributed by atoms with E-state index in [0.29, 0.717) is 12.6 Å².